The highest BCUT2D eigenvalue weighted by Gasteiger charge is 2.23. The zero-order valence-electron chi connectivity index (χ0n) is 18.1. The number of anilines is 1. The van der Waals surface area contributed by atoms with Crippen LogP contribution < -0.4 is 10.6 Å². The Bertz CT molecular complexity index is 1110. The van der Waals surface area contributed by atoms with E-state index < -0.39 is 17.9 Å². The second kappa shape index (κ2) is 10.8. The summed E-state index contributed by atoms with van der Waals surface area (Å²) in [4.78, 5) is 31.6. The van der Waals surface area contributed by atoms with E-state index in [1.165, 1.54) is 0 Å². The highest BCUT2D eigenvalue weighted by Crippen LogP contribution is 2.17. The lowest BCUT2D eigenvalue weighted by atomic mass is 10.0. The molecule has 32 heavy (non-hydrogen) atoms. The number of hydrogen-bond acceptors (Lipinski definition) is 4. The number of aliphatic carboxylic acids is 1. The van der Waals surface area contributed by atoms with E-state index in [0.29, 0.717) is 24.1 Å². The molecule has 0 aliphatic carbocycles. The fourth-order valence-electron chi connectivity index (χ4n) is 3.12. The molecule has 1 atom stereocenters. The van der Waals surface area contributed by atoms with Crippen molar-refractivity contribution in [3.05, 3.63) is 83.4 Å². The average molecular weight is 431 g/mol. The molecule has 0 fully saturated rings. The number of aromatic amines is 1. The minimum absolute atomic E-state index is 0.128. The number of amides is 1. The lowest BCUT2D eigenvalue weighted by Crippen LogP contribution is -2.41. The summed E-state index contributed by atoms with van der Waals surface area (Å²) in [5, 5.41) is 15.4. The molecule has 0 unspecified atom stereocenters. The normalized spacial score (nSPS) is 11.3. The number of hydrogen-bond donors (Lipinski definition) is 4. The number of imidazole rings is 1. The lowest BCUT2D eigenvalue weighted by Gasteiger charge is -2.17. The smallest absolute Gasteiger partial charge is 0.326 e. The second-order valence-electron chi connectivity index (χ2n) is 7.80. The van der Waals surface area contributed by atoms with Gasteiger partial charge in [0, 0.05) is 23.0 Å². The van der Waals surface area contributed by atoms with Crippen molar-refractivity contribution in [1.82, 2.24) is 15.3 Å². The van der Waals surface area contributed by atoms with Crippen LogP contribution in [-0.2, 0) is 11.3 Å². The molecular formula is C25H26N4O3. The van der Waals surface area contributed by atoms with Crippen molar-refractivity contribution in [3.8, 4) is 11.8 Å². The van der Waals surface area contributed by atoms with Crippen LogP contribution in [0.2, 0.25) is 0 Å². The van der Waals surface area contributed by atoms with E-state index >= 15 is 0 Å². The first-order valence-corrected chi connectivity index (χ1v) is 10.4. The third-order valence-electron chi connectivity index (χ3n) is 4.73. The standard InChI is InChI=1S/C25H26N4O3/c1-17(2)12-23(25(31)32)29-24(30)22-11-10-20(27-15-21-14-26-16-28-21)13-19(22)9-8-18-6-4-3-5-7-18/h3-7,10-11,13-14,16-17,23,27H,12,15H2,1-2H3,(H,26,28)(H,29,30)(H,31,32)/t23-/m0/s1. The minimum atomic E-state index is -1.05. The third kappa shape index (κ3) is 6.47. The Morgan fingerprint density at radius 3 is 2.56 bits per heavy atom. The van der Waals surface area contributed by atoms with Crippen LogP contribution in [-0.4, -0.2) is 33.0 Å². The summed E-state index contributed by atoms with van der Waals surface area (Å²) in [6.45, 7) is 4.37. The van der Waals surface area contributed by atoms with Gasteiger partial charge in [0.15, 0.2) is 0 Å². The number of benzene rings is 2. The van der Waals surface area contributed by atoms with E-state index in [2.05, 4.69) is 32.4 Å². The number of carbonyl (C=O) groups excluding carboxylic acids is 1. The summed E-state index contributed by atoms with van der Waals surface area (Å²) in [5.74, 6) is 4.75. The van der Waals surface area contributed by atoms with E-state index in [1.54, 1.807) is 30.7 Å². The highest BCUT2D eigenvalue weighted by atomic mass is 16.4. The molecule has 0 bridgehead atoms. The largest absolute Gasteiger partial charge is 0.480 e. The van der Waals surface area contributed by atoms with Gasteiger partial charge < -0.3 is 20.7 Å². The molecule has 0 aliphatic rings. The number of nitrogens with zero attached hydrogens (tertiary/aromatic N) is 1. The van der Waals surface area contributed by atoms with Crippen molar-refractivity contribution in [3.63, 3.8) is 0 Å². The van der Waals surface area contributed by atoms with E-state index in [4.69, 9.17) is 0 Å². The predicted molar refractivity (Wildman–Crippen MR) is 123 cm³/mol. The Hall–Kier alpha value is -4.05. The lowest BCUT2D eigenvalue weighted by molar-refractivity contribution is -0.139. The summed E-state index contributed by atoms with van der Waals surface area (Å²) in [6.07, 6.45) is 3.68. The fourth-order valence-corrected chi connectivity index (χ4v) is 3.12. The van der Waals surface area contributed by atoms with E-state index in [1.807, 2.05) is 44.2 Å². The van der Waals surface area contributed by atoms with Gasteiger partial charge >= 0.3 is 5.97 Å². The number of carboxylic acid groups (broad SMARTS) is 1. The molecule has 3 rings (SSSR count). The maximum Gasteiger partial charge on any atom is 0.326 e. The number of rotatable bonds is 8. The molecule has 0 aliphatic heterocycles. The van der Waals surface area contributed by atoms with Gasteiger partial charge in [-0.25, -0.2) is 9.78 Å². The molecule has 7 nitrogen and oxygen atoms in total. The van der Waals surface area contributed by atoms with Gasteiger partial charge in [-0.15, -0.1) is 0 Å². The van der Waals surface area contributed by atoms with Crippen LogP contribution in [0, 0.1) is 17.8 Å². The summed E-state index contributed by atoms with van der Waals surface area (Å²) in [6, 6.07) is 13.7. The van der Waals surface area contributed by atoms with Gasteiger partial charge in [0.05, 0.1) is 24.1 Å². The number of carboxylic acids is 1. The van der Waals surface area contributed by atoms with Crippen molar-refractivity contribution in [1.29, 1.82) is 0 Å². The van der Waals surface area contributed by atoms with Gasteiger partial charge in [0.25, 0.3) is 5.91 Å². The Balaban J connectivity index is 1.88. The fraction of sp³-hybridized carbons (Fsp3) is 0.240. The molecule has 0 radical (unpaired) electrons. The van der Waals surface area contributed by atoms with Gasteiger partial charge in [-0.3, -0.25) is 4.79 Å². The van der Waals surface area contributed by atoms with Crippen molar-refractivity contribution in [2.45, 2.75) is 32.9 Å². The van der Waals surface area contributed by atoms with E-state index in [-0.39, 0.29) is 5.92 Å². The topological polar surface area (TPSA) is 107 Å². The van der Waals surface area contributed by atoms with Crippen molar-refractivity contribution >= 4 is 17.6 Å². The molecule has 4 N–H and O–H groups in total. The minimum Gasteiger partial charge on any atom is -0.480 e. The van der Waals surface area contributed by atoms with Crippen LogP contribution in [0.25, 0.3) is 0 Å². The van der Waals surface area contributed by atoms with Crippen molar-refractivity contribution in [2.75, 3.05) is 5.32 Å². The van der Waals surface area contributed by atoms with E-state index in [0.717, 1.165) is 16.9 Å². The second-order valence-corrected chi connectivity index (χ2v) is 7.80. The van der Waals surface area contributed by atoms with Crippen LogP contribution in [0.4, 0.5) is 5.69 Å². The SMILES string of the molecule is CC(C)C[C@H](NC(=O)c1ccc(NCc2cnc[nH]2)cc1C#Cc1ccccc1)C(=O)O. The van der Waals surface area contributed by atoms with Gasteiger partial charge in [-0.05, 0) is 42.7 Å². The first-order valence-electron chi connectivity index (χ1n) is 10.4. The Labute approximate surface area is 187 Å². The quantitative estimate of drug-likeness (QED) is 0.408. The molecule has 0 spiro atoms. The van der Waals surface area contributed by atoms with E-state index in [9.17, 15) is 14.7 Å². The van der Waals surface area contributed by atoms with Crippen LogP contribution in [0.3, 0.4) is 0 Å². The summed E-state index contributed by atoms with van der Waals surface area (Å²) in [7, 11) is 0. The molecule has 0 saturated heterocycles. The van der Waals surface area contributed by atoms with Crippen LogP contribution in [0.1, 0.15) is 47.4 Å². The molecule has 3 aromatic rings. The third-order valence-corrected chi connectivity index (χ3v) is 4.73. The van der Waals surface area contributed by atoms with Gasteiger partial charge in [-0.1, -0.05) is 43.9 Å². The van der Waals surface area contributed by atoms with Gasteiger partial charge in [0.2, 0.25) is 0 Å². The first kappa shape index (κ1) is 22.6. The zero-order chi connectivity index (χ0) is 22.9. The maximum atomic E-state index is 13.0. The van der Waals surface area contributed by atoms with Gasteiger partial charge in [-0.2, -0.15) is 0 Å². The Morgan fingerprint density at radius 2 is 1.91 bits per heavy atom. The number of carbonyl (C=O) groups is 2. The van der Waals surface area contributed by atoms with Crippen molar-refractivity contribution < 1.29 is 14.7 Å². The van der Waals surface area contributed by atoms with Crippen LogP contribution in [0.15, 0.2) is 61.1 Å². The van der Waals surface area contributed by atoms with Crippen LogP contribution >= 0.6 is 0 Å². The molecule has 2 aromatic carbocycles. The number of nitrogens with one attached hydrogen (secondary N) is 3. The van der Waals surface area contributed by atoms with Crippen LogP contribution in [0.5, 0.6) is 0 Å². The monoisotopic (exact) mass is 430 g/mol. The molecule has 1 heterocycles. The number of H-pyrrole nitrogens is 1. The first-order chi connectivity index (χ1) is 15.4. The molecule has 1 amide bonds. The molecule has 1 aromatic heterocycles. The number of aromatic nitrogens is 2. The summed E-state index contributed by atoms with van der Waals surface area (Å²) < 4.78 is 0. The molecular weight excluding hydrogens is 404 g/mol. The van der Waals surface area contributed by atoms with Crippen molar-refractivity contribution in [2.24, 2.45) is 5.92 Å². The maximum absolute atomic E-state index is 13.0. The van der Waals surface area contributed by atoms with Gasteiger partial charge in [0.1, 0.15) is 6.04 Å². The predicted octanol–water partition coefficient (Wildman–Crippen LogP) is 3.65. The molecule has 164 valence electrons. The Morgan fingerprint density at radius 1 is 1.12 bits per heavy atom. The zero-order valence-corrected chi connectivity index (χ0v) is 18.1. The molecule has 7 heteroatoms. The summed E-state index contributed by atoms with van der Waals surface area (Å²) in [5.41, 5.74) is 3.36. The molecule has 0 saturated carbocycles. The summed E-state index contributed by atoms with van der Waals surface area (Å²) >= 11 is 0. The highest BCUT2D eigenvalue weighted by molar-refractivity contribution is 5.99. The Kier molecular flexibility index (Phi) is 7.65. The average Bonchev–Trinajstić information content (AvgIpc) is 3.30.